The van der Waals surface area contributed by atoms with Crippen molar-refractivity contribution in [3.05, 3.63) is 95.9 Å². The number of aryl methyl sites for hydroxylation is 2. The standard InChI is InChI=1S/C31H33N4/c1-20(2)25-17-23(27-15-16-32-19-33-27)18-26(21(3)4)30(25)35-29-14-10-9-13-28(29)34(6)31(35)24-12-8-7-11-22(24)5/h7-21H,1-6H3/q+1/i20D,21D. The minimum absolute atomic E-state index is 0.777. The average Bonchev–Trinajstić information content (AvgIpc) is 3.15. The fourth-order valence-electron chi connectivity index (χ4n) is 4.91. The van der Waals surface area contributed by atoms with Crippen LogP contribution in [-0.2, 0) is 7.05 Å². The lowest BCUT2D eigenvalue weighted by Crippen LogP contribution is -2.30. The molecule has 0 atom stereocenters. The minimum atomic E-state index is -0.939. The third-order valence-corrected chi connectivity index (χ3v) is 6.69. The predicted octanol–water partition coefficient (Wildman–Crippen LogP) is 7.13. The number of para-hydroxylation sites is 2. The van der Waals surface area contributed by atoms with Crippen molar-refractivity contribution in [3.8, 4) is 28.3 Å². The van der Waals surface area contributed by atoms with Crippen LogP contribution in [0, 0.1) is 6.92 Å². The number of hydrogen-bond donors (Lipinski definition) is 0. The van der Waals surface area contributed by atoms with E-state index in [-0.39, 0.29) is 0 Å². The van der Waals surface area contributed by atoms with Gasteiger partial charge in [-0.3, -0.25) is 0 Å². The lowest BCUT2D eigenvalue weighted by Gasteiger charge is -2.20. The van der Waals surface area contributed by atoms with Gasteiger partial charge in [0.25, 0.3) is 5.82 Å². The zero-order valence-corrected chi connectivity index (χ0v) is 21.3. The quantitative estimate of drug-likeness (QED) is 0.260. The van der Waals surface area contributed by atoms with Crippen LogP contribution < -0.4 is 4.57 Å². The van der Waals surface area contributed by atoms with Crippen molar-refractivity contribution >= 4 is 11.0 Å². The van der Waals surface area contributed by atoms with E-state index >= 15 is 0 Å². The molecule has 0 radical (unpaired) electrons. The summed E-state index contributed by atoms with van der Waals surface area (Å²) >= 11 is 0. The predicted molar refractivity (Wildman–Crippen MR) is 144 cm³/mol. The van der Waals surface area contributed by atoms with E-state index in [1.165, 1.54) is 6.33 Å². The SMILES string of the molecule is [2H]C(C)(C)c1cc(-c2ccncn2)cc(C([2H])(C)C)c1-n1c(-c2ccccc2C)[n+](C)c2ccccc21. The van der Waals surface area contributed by atoms with E-state index in [9.17, 15) is 2.74 Å². The Hall–Kier alpha value is -3.79. The monoisotopic (exact) mass is 463 g/mol. The molecule has 0 amide bonds. The van der Waals surface area contributed by atoms with Crippen molar-refractivity contribution in [2.75, 3.05) is 0 Å². The summed E-state index contributed by atoms with van der Waals surface area (Å²) in [6, 6.07) is 22.7. The van der Waals surface area contributed by atoms with E-state index in [0.29, 0.717) is 0 Å². The van der Waals surface area contributed by atoms with Crippen molar-refractivity contribution in [3.63, 3.8) is 0 Å². The van der Waals surface area contributed by atoms with E-state index in [1.807, 2.05) is 39.8 Å². The highest BCUT2D eigenvalue weighted by atomic mass is 15.2. The van der Waals surface area contributed by atoms with E-state index in [1.54, 1.807) is 6.20 Å². The molecule has 0 aliphatic carbocycles. The zero-order chi connectivity index (χ0) is 26.5. The molecular weight excluding hydrogens is 428 g/mol. The Kier molecular flexibility index (Phi) is 5.35. The topological polar surface area (TPSA) is 34.6 Å². The highest BCUT2D eigenvalue weighted by Gasteiger charge is 2.31. The molecule has 0 aliphatic rings. The molecule has 35 heavy (non-hydrogen) atoms. The molecule has 0 spiro atoms. The summed E-state index contributed by atoms with van der Waals surface area (Å²) in [5, 5.41) is 0. The molecule has 0 saturated carbocycles. The van der Waals surface area contributed by atoms with Gasteiger partial charge in [-0.2, -0.15) is 4.57 Å². The third-order valence-electron chi connectivity index (χ3n) is 6.69. The van der Waals surface area contributed by atoms with E-state index < -0.39 is 11.8 Å². The van der Waals surface area contributed by atoms with Crippen LogP contribution in [0.25, 0.3) is 39.4 Å². The van der Waals surface area contributed by atoms with E-state index in [2.05, 4.69) is 87.7 Å². The molecule has 0 aliphatic heterocycles. The largest absolute Gasteiger partial charge is 0.295 e. The maximum absolute atomic E-state index is 9.24. The summed E-state index contributed by atoms with van der Waals surface area (Å²) in [5.74, 6) is -0.860. The normalized spacial score (nSPS) is 13.1. The first-order valence-corrected chi connectivity index (χ1v) is 12.0. The molecule has 5 aromatic rings. The van der Waals surface area contributed by atoms with Gasteiger partial charge < -0.3 is 0 Å². The number of hydrogen-bond acceptors (Lipinski definition) is 2. The van der Waals surface area contributed by atoms with Crippen molar-refractivity contribution in [2.24, 2.45) is 7.05 Å². The van der Waals surface area contributed by atoms with Gasteiger partial charge in [-0.05, 0) is 60.7 Å². The molecule has 0 fully saturated rings. The number of nitrogens with zero attached hydrogens (tertiary/aromatic N) is 4. The van der Waals surface area contributed by atoms with Gasteiger partial charge in [0.15, 0.2) is 11.0 Å². The number of benzene rings is 3. The Morgan fingerprint density at radius 2 is 1.54 bits per heavy atom. The maximum Gasteiger partial charge on any atom is 0.295 e. The third kappa shape index (κ3) is 3.93. The molecular formula is C31H33N4+. The van der Waals surface area contributed by atoms with Crippen LogP contribution in [0.1, 0.15) is 58.9 Å². The maximum atomic E-state index is 9.24. The molecule has 0 bridgehead atoms. The van der Waals surface area contributed by atoms with Gasteiger partial charge in [0.1, 0.15) is 12.0 Å². The summed E-state index contributed by atoms with van der Waals surface area (Å²) in [5.41, 5.74) is 8.63. The summed E-state index contributed by atoms with van der Waals surface area (Å²) in [6.45, 7) is 9.77. The van der Waals surface area contributed by atoms with Gasteiger partial charge >= 0.3 is 0 Å². The molecule has 4 heteroatoms. The summed E-state index contributed by atoms with van der Waals surface area (Å²) in [6.07, 6.45) is 3.26. The molecule has 4 nitrogen and oxygen atoms in total. The zero-order valence-electron chi connectivity index (χ0n) is 23.3. The Morgan fingerprint density at radius 1 is 0.886 bits per heavy atom. The first kappa shape index (κ1) is 20.6. The van der Waals surface area contributed by atoms with Crippen molar-refractivity contribution < 1.29 is 7.31 Å². The number of fused-ring (bicyclic) bond motifs is 1. The molecule has 2 heterocycles. The van der Waals surface area contributed by atoms with Crippen LogP contribution in [0.4, 0.5) is 0 Å². The second-order valence-corrected chi connectivity index (χ2v) is 9.54. The molecule has 2 aromatic heterocycles. The molecule has 3 aromatic carbocycles. The van der Waals surface area contributed by atoms with E-state index in [0.717, 1.165) is 56.1 Å². The summed E-state index contributed by atoms with van der Waals surface area (Å²) in [7, 11) is 2.09. The minimum Gasteiger partial charge on any atom is -0.245 e. The van der Waals surface area contributed by atoms with Crippen LogP contribution in [0.5, 0.6) is 0 Å². The van der Waals surface area contributed by atoms with Crippen LogP contribution in [-0.4, -0.2) is 14.5 Å². The molecule has 5 rings (SSSR count). The van der Waals surface area contributed by atoms with Gasteiger partial charge in [-0.25, -0.2) is 14.5 Å². The van der Waals surface area contributed by atoms with Gasteiger partial charge in [0, 0.05) is 25.6 Å². The first-order chi connectivity index (χ1) is 17.5. The molecule has 176 valence electrons. The second kappa shape index (κ2) is 9.10. The highest BCUT2D eigenvalue weighted by Crippen LogP contribution is 2.39. The fraction of sp³-hybridized carbons (Fsp3) is 0.258. The van der Waals surface area contributed by atoms with Crippen LogP contribution in [0.15, 0.2) is 79.3 Å². The second-order valence-electron chi connectivity index (χ2n) is 9.54. The Balaban J connectivity index is 2.00. The van der Waals surface area contributed by atoms with E-state index in [4.69, 9.17) is 0 Å². The fourth-order valence-corrected chi connectivity index (χ4v) is 4.91. The average molecular weight is 464 g/mol. The molecule has 0 saturated heterocycles. The molecule has 0 unspecified atom stereocenters. The highest BCUT2D eigenvalue weighted by molar-refractivity contribution is 5.81. The summed E-state index contributed by atoms with van der Waals surface area (Å²) < 4.78 is 23.0. The lowest BCUT2D eigenvalue weighted by atomic mass is 9.89. The van der Waals surface area contributed by atoms with Gasteiger partial charge in [0.2, 0.25) is 0 Å². The Morgan fingerprint density at radius 3 is 2.17 bits per heavy atom. The van der Waals surface area contributed by atoms with Gasteiger partial charge in [-0.15, -0.1) is 0 Å². The lowest BCUT2D eigenvalue weighted by molar-refractivity contribution is -0.633. The van der Waals surface area contributed by atoms with Crippen LogP contribution in [0.3, 0.4) is 0 Å². The van der Waals surface area contributed by atoms with Crippen molar-refractivity contribution in [2.45, 2.75) is 46.4 Å². The molecule has 0 N–H and O–H groups in total. The van der Waals surface area contributed by atoms with Crippen molar-refractivity contribution in [1.29, 1.82) is 0 Å². The van der Waals surface area contributed by atoms with Crippen molar-refractivity contribution in [1.82, 2.24) is 14.5 Å². The van der Waals surface area contributed by atoms with Crippen LogP contribution in [0.2, 0.25) is 0 Å². The van der Waals surface area contributed by atoms with Crippen LogP contribution >= 0.6 is 0 Å². The number of rotatable bonds is 5. The van der Waals surface area contributed by atoms with Gasteiger partial charge in [0.05, 0.1) is 18.3 Å². The Bertz CT molecular complexity index is 1570. The summed E-state index contributed by atoms with van der Waals surface area (Å²) in [4.78, 5) is 8.56. The number of imidazole rings is 1. The first-order valence-electron chi connectivity index (χ1n) is 13.0. The smallest absolute Gasteiger partial charge is 0.245 e. The number of aromatic nitrogens is 4. The van der Waals surface area contributed by atoms with Gasteiger partial charge in [-0.1, -0.05) is 58.0 Å². The Labute approximate surface area is 210 Å².